The first-order valence-corrected chi connectivity index (χ1v) is 7.85. The molecule has 0 aliphatic rings. The van der Waals surface area contributed by atoms with Gasteiger partial charge in [-0.05, 0) is 23.4 Å². The van der Waals surface area contributed by atoms with Gasteiger partial charge in [0.15, 0.2) is 0 Å². The Morgan fingerprint density at radius 1 is 1.38 bits per heavy atom. The van der Waals surface area contributed by atoms with Gasteiger partial charge in [0.2, 0.25) is 0 Å². The highest BCUT2D eigenvalue weighted by Gasteiger charge is 2.18. The van der Waals surface area contributed by atoms with Crippen molar-refractivity contribution >= 4 is 18.2 Å². The molecule has 1 aromatic rings. The van der Waals surface area contributed by atoms with E-state index in [1.807, 2.05) is 30.3 Å². The number of hydrogen-bond donors (Lipinski definition) is 2. The van der Waals surface area contributed by atoms with E-state index in [9.17, 15) is 4.57 Å². The Morgan fingerprint density at radius 2 is 2.00 bits per heavy atom. The minimum Gasteiger partial charge on any atom is -0.317 e. The Labute approximate surface area is 98.2 Å². The van der Waals surface area contributed by atoms with Crippen LogP contribution in [-0.4, -0.2) is 15.5 Å². The average Bonchev–Trinajstić information content (AvgIpc) is 2.24. The topological polar surface area (TPSA) is 81.3 Å². The van der Waals surface area contributed by atoms with E-state index in [4.69, 9.17) is 15.0 Å². The molecule has 0 aromatic heterocycles. The molecule has 0 bridgehead atoms. The number of hydrogen-bond acceptors (Lipinski definition) is 3. The zero-order valence-electron chi connectivity index (χ0n) is 8.48. The zero-order valence-corrected chi connectivity index (χ0v) is 10.2. The lowest BCUT2D eigenvalue weighted by Crippen LogP contribution is -2.04. The molecule has 0 heterocycles. The van der Waals surface area contributed by atoms with Crippen molar-refractivity contribution < 1.29 is 14.4 Å². The molecule has 0 fully saturated rings. The van der Waals surface area contributed by atoms with E-state index in [-0.39, 0.29) is 11.7 Å². The third-order valence-electron chi connectivity index (χ3n) is 1.95. The van der Waals surface area contributed by atoms with Gasteiger partial charge in [-0.2, -0.15) is 5.26 Å². The average molecular weight is 257 g/mol. The maximum Gasteiger partial charge on any atom is 0.384 e. The van der Waals surface area contributed by atoms with Crippen molar-refractivity contribution in [2.75, 3.05) is 5.75 Å². The van der Waals surface area contributed by atoms with Crippen LogP contribution in [0.2, 0.25) is 0 Å². The molecule has 0 amide bonds. The second-order valence-corrected chi connectivity index (χ2v) is 7.08. The molecule has 4 nitrogen and oxygen atoms in total. The Bertz CT molecular complexity index is 412. The first kappa shape index (κ1) is 13.3. The molecule has 16 heavy (non-hydrogen) atoms. The second-order valence-electron chi connectivity index (χ2n) is 3.30. The van der Waals surface area contributed by atoms with Gasteiger partial charge in [-0.15, -0.1) is 0 Å². The lowest BCUT2D eigenvalue weighted by atomic mass is 10.0. The van der Waals surface area contributed by atoms with Crippen molar-refractivity contribution in [3.8, 4) is 6.07 Å². The summed E-state index contributed by atoms with van der Waals surface area (Å²) in [6.45, 7) is -4.07. The van der Waals surface area contributed by atoms with Crippen LogP contribution in [0.1, 0.15) is 5.56 Å². The molecule has 1 rings (SSSR count). The Balaban J connectivity index is 2.51. The Hall–Kier alpha value is -0.790. The fourth-order valence-electron chi connectivity index (χ4n) is 1.23. The third kappa shape index (κ3) is 5.34. The van der Waals surface area contributed by atoms with Gasteiger partial charge in [0.05, 0.1) is 12.0 Å². The van der Waals surface area contributed by atoms with Crippen molar-refractivity contribution in [2.24, 2.45) is 5.92 Å². The van der Waals surface area contributed by atoms with Crippen LogP contribution in [0.25, 0.3) is 0 Å². The summed E-state index contributed by atoms with van der Waals surface area (Å²) >= 11 is 0.530. The lowest BCUT2D eigenvalue weighted by molar-refractivity contribution is 0.397. The van der Waals surface area contributed by atoms with Crippen LogP contribution in [-0.2, 0) is 11.0 Å². The molecule has 0 aliphatic heterocycles. The zero-order chi connectivity index (χ0) is 12.0. The molecule has 1 unspecified atom stereocenters. The normalized spacial score (nSPS) is 13.1. The van der Waals surface area contributed by atoms with E-state index in [1.54, 1.807) is 0 Å². The van der Waals surface area contributed by atoms with E-state index >= 15 is 0 Å². The predicted octanol–water partition coefficient (Wildman–Crippen LogP) is 2.19. The van der Waals surface area contributed by atoms with Crippen molar-refractivity contribution in [1.29, 1.82) is 5.26 Å². The van der Waals surface area contributed by atoms with E-state index in [0.29, 0.717) is 17.8 Å². The van der Waals surface area contributed by atoms with Crippen LogP contribution in [0.4, 0.5) is 0 Å². The monoisotopic (exact) mass is 257 g/mol. The van der Waals surface area contributed by atoms with E-state index in [1.165, 1.54) is 0 Å². The minimum atomic E-state index is -4.07. The SMILES string of the molecule is N#CC(CSP(=O)(O)O)Cc1ccccc1. The molecular formula is C10H12NO3PS. The largest absolute Gasteiger partial charge is 0.384 e. The van der Waals surface area contributed by atoms with Crippen molar-refractivity contribution in [3.63, 3.8) is 0 Å². The van der Waals surface area contributed by atoms with Crippen LogP contribution in [0, 0.1) is 17.2 Å². The van der Waals surface area contributed by atoms with Gasteiger partial charge in [-0.25, -0.2) is 4.57 Å². The summed E-state index contributed by atoms with van der Waals surface area (Å²) in [7, 11) is 0. The molecular weight excluding hydrogens is 245 g/mol. The van der Waals surface area contributed by atoms with Crippen LogP contribution in [0.5, 0.6) is 0 Å². The summed E-state index contributed by atoms with van der Waals surface area (Å²) in [5.74, 6) is -0.226. The molecule has 0 spiro atoms. The lowest BCUT2D eigenvalue weighted by Gasteiger charge is -2.09. The van der Waals surface area contributed by atoms with Gasteiger partial charge in [0.25, 0.3) is 0 Å². The molecule has 6 heteroatoms. The summed E-state index contributed by atoms with van der Waals surface area (Å²) < 4.78 is 10.7. The quantitative estimate of drug-likeness (QED) is 0.790. The van der Waals surface area contributed by atoms with Crippen LogP contribution >= 0.6 is 18.2 Å². The van der Waals surface area contributed by atoms with Gasteiger partial charge < -0.3 is 9.79 Å². The highest BCUT2D eigenvalue weighted by Crippen LogP contribution is 2.50. The number of nitrogens with zero attached hydrogens (tertiary/aromatic N) is 1. The van der Waals surface area contributed by atoms with Gasteiger partial charge in [-0.1, -0.05) is 30.3 Å². The molecule has 86 valence electrons. The molecule has 0 saturated heterocycles. The summed E-state index contributed by atoms with van der Waals surface area (Å²) in [4.78, 5) is 17.4. The third-order valence-corrected chi connectivity index (χ3v) is 4.30. The van der Waals surface area contributed by atoms with Crippen LogP contribution in [0.15, 0.2) is 30.3 Å². The Kier molecular flexibility index (Phi) is 5.04. The first-order valence-electron chi connectivity index (χ1n) is 4.65. The first-order chi connectivity index (χ1) is 7.51. The van der Waals surface area contributed by atoms with E-state index in [0.717, 1.165) is 5.56 Å². The van der Waals surface area contributed by atoms with Gasteiger partial charge in [0, 0.05) is 5.75 Å². The molecule has 1 aromatic carbocycles. The smallest absolute Gasteiger partial charge is 0.317 e. The molecule has 0 radical (unpaired) electrons. The number of rotatable bonds is 5. The fraction of sp³-hybridized carbons (Fsp3) is 0.300. The maximum atomic E-state index is 10.7. The van der Waals surface area contributed by atoms with Gasteiger partial charge in [0.1, 0.15) is 0 Å². The molecule has 0 saturated carbocycles. The highest BCUT2D eigenvalue weighted by molar-refractivity contribution is 8.54. The molecule has 1 atom stereocenters. The highest BCUT2D eigenvalue weighted by atomic mass is 32.7. The van der Waals surface area contributed by atoms with Crippen LogP contribution in [0.3, 0.4) is 0 Å². The Morgan fingerprint density at radius 3 is 2.50 bits per heavy atom. The summed E-state index contributed by atoms with van der Waals surface area (Å²) in [6, 6.07) is 11.5. The summed E-state index contributed by atoms with van der Waals surface area (Å²) in [6.07, 6.45) is 0.518. The van der Waals surface area contributed by atoms with E-state index < -0.39 is 6.80 Å². The van der Waals surface area contributed by atoms with Gasteiger partial charge >= 0.3 is 6.80 Å². The van der Waals surface area contributed by atoms with E-state index in [2.05, 4.69) is 6.07 Å². The van der Waals surface area contributed by atoms with Gasteiger partial charge in [-0.3, -0.25) is 0 Å². The summed E-state index contributed by atoms with van der Waals surface area (Å²) in [5.41, 5.74) is 1.00. The number of benzene rings is 1. The fourth-order valence-corrected chi connectivity index (χ4v) is 2.92. The minimum absolute atomic E-state index is 0.148. The maximum absolute atomic E-state index is 10.7. The van der Waals surface area contributed by atoms with Crippen molar-refractivity contribution in [3.05, 3.63) is 35.9 Å². The predicted molar refractivity (Wildman–Crippen MR) is 63.8 cm³/mol. The van der Waals surface area contributed by atoms with Crippen molar-refractivity contribution in [2.45, 2.75) is 6.42 Å². The molecule has 0 aliphatic carbocycles. The summed E-state index contributed by atoms with van der Waals surface area (Å²) in [5, 5.41) is 8.87. The van der Waals surface area contributed by atoms with Crippen molar-refractivity contribution in [1.82, 2.24) is 0 Å². The second kappa shape index (κ2) is 6.07. The van der Waals surface area contributed by atoms with Crippen LogP contribution < -0.4 is 0 Å². The number of nitriles is 1. The standard InChI is InChI=1S/C10H12NO3PS/c11-7-10(8-16-15(12,13)14)6-9-4-2-1-3-5-9/h1-5,10H,6,8H2,(H2,12,13,14). The molecule has 2 N–H and O–H groups in total.